The second-order valence-electron chi connectivity index (χ2n) is 3.88. The van der Waals surface area contributed by atoms with E-state index in [1.165, 1.54) is 0 Å². The first-order chi connectivity index (χ1) is 8.28. The summed E-state index contributed by atoms with van der Waals surface area (Å²) in [4.78, 5) is 4.11. The third kappa shape index (κ3) is 1.61. The molecule has 0 saturated heterocycles. The Morgan fingerprint density at radius 1 is 1.47 bits per heavy atom. The Kier molecular flexibility index (Phi) is 2.21. The van der Waals surface area contributed by atoms with Crippen LogP contribution in [0.3, 0.4) is 0 Å². The van der Waals surface area contributed by atoms with Crippen molar-refractivity contribution >= 4 is 5.96 Å². The molecule has 17 heavy (non-hydrogen) atoms. The molecule has 2 aliphatic heterocycles. The maximum absolute atomic E-state index is 5.60. The average Bonchev–Trinajstić information content (AvgIpc) is 2.95. The molecule has 0 aliphatic carbocycles. The molecular weight excluding hydrogens is 222 g/mol. The van der Waals surface area contributed by atoms with Crippen molar-refractivity contribution in [2.45, 2.75) is 6.04 Å². The minimum absolute atomic E-state index is 0.0680. The van der Waals surface area contributed by atoms with Gasteiger partial charge in [-0.25, -0.2) is 0 Å². The average molecular weight is 235 g/mol. The molecule has 3 N–H and O–H groups in total. The zero-order valence-corrected chi connectivity index (χ0v) is 9.40. The Morgan fingerprint density at radius 3 is 3.06 bits per heavy atom. The fourth-order valence-corrected chi connectivity index (χ4v) is 2.00. The van der Waals surface area contributed by atoms with Crippen LogP contribution in [0.5, 0.6) is 17.2 Å². The van der Waals surface area contributed by atoms with Crippen LogP contribution in [0.1, 0.15) is 11.6 Å². The van der Waals surface area contributed by atoms with Gasteiger partial charge in [-0.2, -0.15) is 0 Å². The SMILES string of the molecule is COc1cc(C2CN=C(N)N2)cc2c1OCO2. The maximum Gasteiger partial charge on any atom is 0.231 e. The molecule has 3 rings (SSSR count). The molecule has 0 bridgehead atoms. The topological polar surface area (TPSA) is 78.1 Å². The van der Waals surface area contributed by atoms with Gasteiger partial charge in [0, 0.05) is 0 Å². The first kappa shape index (κ1) is 10.1. The second kappa shape index (κ2) is 3.73. The van der Waals surface area contributed by atoms with Crippen LogP contribution in [0.15, 0.2) is 17.1 Å². The van der Waals surface area contributed by atoms with Crippen LogP contribution in [0, 0.1) is 0 Å². The predicted molar refractivity (Wildman–Crippen MR) is 61.5 cm³/mol. The molecule has 1 aromatic rings. The summed E-state index contributed by atoms with van der Waals surface area (Å²) in [5.41, 5.74) is 6.62. The second-order valence-corrected chi connectivity index (χ2v) is 3.88. The number of nitrogens with one attached hydrogen (secondary N) is 1. The zero-order valence-electron chi connectivity index (χ0n) is 9.40. The van der Waals surface area contributed by atoms with Crippen LogP contribution in [-0.4, -0.2) is 26.4 Å². The number of nitrogens with two attached hydrogens (primary N) is 1. The number of fused-ring (bicyclic) bond motifs is 1. The van der Waals surface area contributed by atoms with E-state index in [1.807, 2.05) is 12.1 Å². The van der Waals surface area contributed by atoms with E-state index in [1.54, 1.807) is 7.11 Å². The molecule has 6 nitrogen and oxygen atoms in total. The van der Waals surface area contributed by atoms with E-state index in [9.17, 15) is 0 Å². The summed E-state index contributed by atoms with van der Waals surface area (Å²) in [6.45, 7) is 0.848. The molecule has 1 aromatic carbocycles. The standard InChI is InChI=1S/C11H13N3O3/c1-15-8-2-6(7-4-13-11(12)14-7)3-9-10(8)17-5-16-9/h2-3,7H,4-5H2,1H3,(H3,12,13,14). The van der Waals surface area contributed by atoms with E-state index in [0.717, 1.165) is 5.56 Å². The summed E-state index contributed by atoms with van der Waals surface area (Å²) in [7, 11) is 1.61. The van der Waals surface area contributed by atoms with Crippen molar-refractivity contribution < 1.29 is 14.2 Å². The Hall–Kier alpha value is -2.11. The van der Waals surface area contributed by atoms with Gasteiger partial charge in [0.25, 0.3) is 0 Å². The van der Waals surface area contributed by atoms with Crippen LogP contribution in [-0.2, 0) is 0 Å². The lowest BCUT2D eigenvalue weighted by Gasteiger charge is -2.13. The highest BCUT2D eigenvalue weighted by Crippen LogP contribution is 2.43. The van der Waals surface area contributed by atoms with Crippen LogP contribution in [0.4, 0.5) is 0 Å². The molecule has 1 atom stereocenters. The summed E-state index contributed by atoms with van der Waals surface area (Å²) in [6.07, 6.45) is 0. The third-order valence-corrected chi connectivity index (χ3v) is 2.85. The normalized spacial score (nSPS) is 21.0. The van der Waals surface area contributed by atoms with E-state index in [4.69, 9.17) is 19.9 Å². The molecule has 6 heteroatoms. The van der Waals surface area contributed by atoms with Gasteiger partial charge in [0.1, 0.15) is 0 Å². The molecule has 0 spiro atoms. The number of hydrogen-bond acceptors (Lipinski definition) is 6. The molecule has 0 fully saturated rings. The number of hydrogen-bond donors (Lipinski definition) is 2. The molecule has 0 saturated carbocycles. The van der Waals surface area contributed by atoms with Gasteiger partial charge >= 0.3 is 0 Å². The smallest absolute Gasteiger partial charge is 0.231 e. The monoisotopic (exact) mass is 235 g/mol. The summed E-state index contributed by atoms with van der Waals surface area (Å²) >= 11 is 0. The van der Waals surface area contributed by atoms with E-state index in [-0.39, 0.29) is 12.8 Å². The summed E-state index contributed by atoms with van der Waals surface area (Å²) < 4.78 is 16.0. The number of aliphatic imine (C=N–C) groups is 1. The van der Waals surface area contributed by atoms with E-state index < -0.39 is 0 Å². The lowest BCUT2D eigenvalue weighted by Crippen LogP contribution is -2.29. The first-order valence-electron chi connectivity index (χ1n) is 5.32. The summed E-state index contributed by atoms with van der Waals surface area (Å²) in [6, 6.07) is 3.91. The highest BCUT2D eigenvalue weighted by molar-refractivity contribution is 5.80. The van der Waals surface area contributed by atoms with Gasteiger partial charge in [0.2, 0.25) is 12.5 Å². The molecule has 0 aromatic heterocycles. The van der Waals surface area contributed by atoms with Crippen molar-refractivity contribution in [2.24, 2.45) is 10.7 Å². The third-order valence-electron chi connectivity index (χ3n) is 2.85. The fourth-order valence-electron chi connectivity index (χ4n) is 2.00. The van der Waals surface area contributed by atoms with Crippen LogP contribution in [0.2, 0.25) is 0 Å². The van der Waals surface area contributed by atoms with Crippen molar-refractivity contribution in [2.75, 3.05) is 20.4 Å². The largest absolute Gasteiger partial charge is 0.493 e. The van der Waals surface area contributed by atoms with Crippen molar-refractivity contribution in [3.8, 4) is 17.2 Å². The Labute approximate surface area is 98.4 Å². The van der Waals surface area contributed by atoms with Crippen LogP contribution < -0.4 is 25.3 Å². The van der Waals surface area contributed by atoms with E-state index in [2.05, 4.69) is 10.3 Å². The summed E-state index contributed by atoms with van der Waals surface area (Å²) in [5, 5.41) is 3.09. The van der Waals surface area contributed by atoms with Crippen LogP contribution in [0.25, 0.3) is 0 Å². The number of methoxy groups -OCH3 is 1. The van der Waals surface area contributed by atoms with Gasteiger partial charge in [0.05, 0.1) is 19.7 Å². The highest BCUT2D eigenvalue weighted by atomic mass is 16.7. The maximum atomic E-state index is 5.60. The number of guanidine groups is 1. The Balaban J connectivity index is 1.96. The van der Waals surface area contributed by atoms with Gasteiger partial charge in [-0.3, -0.25) is 4.99 Å². The summed E-state index contributed by atoms with van der Waals surface area (Å²) in [5.74, 6) is 2.49. The molecular formula is C11H13N3O3. The molecule has 2 heterocycles. The first-order valence-corrected chi connectivity index (χ1v) is 5.32. The minimum Gasteiger partial charge on any atom is -0.493 e. The number of benzene rings is 1. The zero-order chi connectivity index (χ0) is 11.8. The van der Waals surface area contributed by atoms with Gasteiger partial charge < -0.3 is 25.3 Å². The quantitative estimate of drug-likeness (QED) is 0.775. The number of ether oxygens (including phenoxy) is 3. The van der Waals surface area contributed by atoms with Crippen molar-refractivity contribution in [3.63, 3.8) is 0 Å². The molecule has 2 aliphatic rings. The number of rotatable bonds is 2. The van der Waals surface area contributed by atoms with Crippen molar-refractivity contribution in [1.82, 2.24) is 5.32 Å². The van der Waals surface area contributed by atoms with E-state index in [0.29, 0.717) is 29.8 Å². The lowest BCUT2D eigenvalue weighted by molar-refractivity contribution is 0.171. The Morgan fingerprint density at radius 2 is 2.35 bits per heavy atom. The Bertz CT molecular complexity index is 487. The highest BCUT2D eigenvalue weighted by Gasteiger charge is 2.24. The van der Waals surface area contributed by atoms with Crippen molar-refractivity contribution in [3.05, 3.63) is 17.7 Å². The number of nitrogens with zero attached hydrogens (tertiary/aromatic N) is 1. The molecule has 0 radical (unpaired) electrons. The molecule has 1 unspecified atom stereocenters. The fraction of sp³-hybridized carbons (Fsp3) is 0.364. The van der Waals surface area contributed by atoms with Gasteiger partial charge in [0.15, 0.2) is 17.5 Å². The van der Waals surface area contributed by atoms with Gasteiger partial charge in [-0.15, -0.1) is 0 Å². The van der Waals surface area contributed by atoms with E-state index >= 15 is 0 Å². The molecule has 90 valence electrons. The minimum atomic E-state index is 0.0680. The predicted octanol–water partition coefficient (Wildman–Crippen LogP) is 0.383. The molecule has 0 amide bonds. The van der Waals surface area contributed by atoms with Gasteiger partial charge in [-0.05, 0) is 17.7 Å². The lowest BCUT2D eigenvalue weighted by atomic mass is 10.1. The van der Waals surface area contributed by atoms with Crippen LogP contribution >= 0.6 is 0 Å². The van der Waals surface area contributed by atoms with Gasteiger partial charge in [-0.1, -0.05) is 0 Å². The van der Waals surface area contributed by atoms with Crippen molar-refractivity contribution in [1.29, 1.82) is 0 Å².